The molecule has 1 fully saturated rings. The largest absolute Gasteiger partial charge is 0.396 e. The summed E-state index contributed by atoms with van der Waals surface area (Å²) in [7, 11) is 0. The lowest BCUT2D eigenvalue weighted by Crippen LogP contribution is -2.36. The molecule has 6 heteroatoms. The van der Waals surface area contributed by atoms with Crippen molar-refractivity contribution in [2.45, 2.75) is 6.92 Å². The van der Waals surface area contributed by atoms with Gasteiger partial charge in [-0.1, -0.05) is 0 Å². The predicted molar refractivity (Wildman–Crippen MR) is 76.7 cm³/mol. The number of rotatable bonds is 6. The highest BCUT2D eigenvalue weighted by molar-refractivity contribution is 5.69. The van der Waals surface area contributed by atoms with Crippen LogP contribution < -0.4 is 16.0 Å². The van der Waals surface area contributed by atoms with E-state index in [0.717, 1.165) is 51.0 Å². The standard InChI is InChI=1S/C13H22N4O2/c1-2-18-6-3-15-12-9-13(16-10-11(12)14)17-4-7-19-8-5-17/h9-10H,2-8,14H2,1H3,(H,15,16). The van der Waals surface area contributed by atoms with Crippen molar-refractivity contribution in [1.82, 2.24) is 4.98 Å². The van der Waals surface area contributed by atoms with Crippen LogP contribution in [0.15, 0.2) is 12.3 Å². The third-order valence-electron chi connectivity index (χ3n) is 3.02. The fourth-order valence-electron chi connectivity index (χ4n) is 1.98. The fraction of sp³-hybridized carbons (Fsp3) is 0.615. The summed E-state index contributed by atoms with van der Waals surface area (Å²) in [4.78, 5) is 6.59. The number of ether oxygens (including phenoxy) is 2. The van der Waals surface area contributed by atoms with Crippen LogP contribution in [0.2, 0.25) is 0 Å². The van der Waals surface area contributed by atoms with Gasteiger partial charge in [0.1, 0.15) is 5.82 Å². The third kappa shape index (κ3) is 3.97. The summed E-state index contributed by atoms with van der Waals surface area (Å²) in [5.74, 6) is 0.941. The Morgan fingerprint density at radius 2 is 2.26 bits per heavy atom. The predicted octanol–water partition coefficient (Wildman–Crippen LogP) is 0.949. The quantitative estimate of drug-likeness (QED) is 0.747. The monoisotopic (exact) mass is 266 g/mol. The van der Waals surface area contributed by atoms with Gasteiger partial charge in [-0.3, -0.25) is 0 Å². The van der Waals surface area contributed by atoms with Crippen molar-refractivity contribution >= 4 is 17.2 Å². The minimum Gasteiger partial charge on any atom is -0.396 e. The van der Waals surface area contributed by atoms with E-state index in [1.165, 1.54) is 0 Å². The van der Waals surface area contributed by atoms with Crippen LogP contribution in [0, 0.1) is 0 Å². The highest BCUT2D eigenvalue weighted by Gasteiger charge is 2.13. The first-order chi connectivity index (χ1) is 9.31. The number of nitrogens with zero attached hydrogens (tertiary/aromatic N) is 2. The van der Waals surface area contributed by atoms with Crippen LogP contribution >= 0.6 is 0 Å². The lowest BCUT2D eigenvalue weighted by Gasteiger charge is -2.28. The molecular formula is C13H22N4O2. The molecule has 106 valence electrons. The van der Waals surface area contributed by atoms with Crippen LogP contribution in [0.1, 0.15) is 6.92 Å². The average molecular weight is 266 g/mol. The van der Waals surface area contributed by atoms with Crippen molar-refractivity contribution in [3.63, 3.8) is 0 Å². The van der Waals surface area contributed by atoms with E-state index in [-0.39, 0.29) is 0 Å². The Bertz CT molecular complexity index is 394. The topological polar surface area (TPSA) is 72.6 Å². The number of hydrogen-bond donors (Lipinski definition) is 2. The molecule has 0 bridgehead atoms. The van der Waals surface area contributed by atoms with Gasteiger partial charge in [0.2, 0.25) is 0 Å². The van der Waals surface area contributed by atoms with Crippen LogP contribution in [0.3, 0.4) is 0 Å². The molecule has 19 heavy (non-hydrogen) atoms. The number of pyridine rings is 1. The Morgan fingerprint density at radius 1 is 1.47 bits per heavy atom. The summed E-state index contributed by atoms with van der Waals surface area (Å²) >= 11 is 0. The zero-order chi connectivity index (χ0) is 13.5. The molecule has 1 aliphatic rings. The summed E-state index contributed by atoms with van der Waals surface area (Å²) in [6.45, 7) is 7.36. The molecule has 1 aliphatic heterocycles. The Balaban J connectivity index is 1.97. The minimum atomic E-state index is 0.661. The summed E-state index contributed by atoms with van der Waals surface area (Å²) in [6.07, 6.45) is 1.70. The molecule has 0 saturated carbocycles. The van der Waals surface area contributed by atoms with Crippen molar-refractivity contribution in [3.8, 4) is 0 Å². The smallest absolute Gasteiger partial charge is 0.130 e. The van der Waals surface area contributed by atoms with Crippen molar-refractivity contribution in [2.75, 3.05) is 62.0 Å². The van der Waals surface area contributed by atoms with Crippen LogP contribution in [-0.2, 0) is 9.47 Å². The molecule has 2 heterocycles. The number of nitrogen functional groups attached to an aromatic ring is 1. The van der Waals surface area contributed by atoms with Crippen LogP contribution in [-0.4, -0.2) is 51.0 Å². The maximum absolute atomic E-state index is 5.92. The second-order valence-corrected chi connectivity index (χ2v) is 4.35. The normalized spacial score (nSPS) is 15.5. The number of aromatic nitrogens is 1. The van der Waals surface area contributed by atoms with Gasteiger partial charge in [-0.2, -0.15) is 0 Å². The lowest BCUT2D eigenvalue weighted by molar-refractivity contribution is 0.122. The van der Waals surface area contributed by atoms with E-state index in [9.17, 15) is 0 Å². The van der Waals surface area contributed by atoms with Gasteiger partial charge in [0.05, 0.1) is 37.4 Å². The molecule has 1 saturated heterocycles. The molecule has 3 N–H and O–H groups in total. The van der Waals surface area contributed by atoms with E-state index >= 15 is 0 Å². The Labute approximate surface area is 113 Å². The number of nitrogens with two attached hydrogens (primary N) is 1. The van der Waals surface area contributed by atoms with E-state index in [2.05, 4.69) is 15.2 Å². The van der Waals surface area contributed by atoms with Gasteiger partial charge >= 0.3 is 0 Å². The molecule has 0 atom stereocenters. The summed E-state index contributed by atoms with van der Waals surface area (Å²) in [5.41, 5.74) is 7.50. The Hall–Kier alpha value is -1.53. The highest BCUT2D eigenvalue weighted by atomic mass is 16.5. The van der Waals surface area contributed by atoms with Gasteiger partial charge in [0.15, 0.2) is 0 Å². The zero-order valence-electron chi connectivity index (χ0n) is 11.4. The molecular weight excluding hydrogens is 244 g/mol. The average Bonchev–Trinajstić information content (AvgIpc) is 2.46. The third-order valence-corrected chi connectivity index (χ3v) is 3.02. The van der Waals surface area contributed by atoms with Gasteiger partial charge in [-0.15, -0.1) is 0 Å². The maximum atomic E-state index is 5.92. The van der Waals surface area contributed by atoms with Crippen LogP contribution in [0.25, 0.3) is 0 Å². The van der Waals surface area contributed by atoms with Gasteiger partial charge < -0.3 is 25.4 Å². The first-order valence-electron chi connectivity index (χ1n) is 6.71. The highest BCUT2D eigenvalue weighted by Crippen LogP contribution is 2.23. The Morgan fingerprint density at radius 3 is 3.00 bits per heavy atom. The van der Waals surface area contributed by atoms with Crippen LogP contribution in [0.4, 0.5) is 17.2 Å². The maximum Gasteiger partial charge on any atom is 0.130 e. The number of anilines is 3. The van der Waals surface area contributed by atoms with E-state index in [1.54, 1.807) is 6.20 Å². The molecule has 0 spiro atoms. The molecule has 0 unspecified atom stereocenters. The first-order valence-corrected chi connectivity index (χ1v) is 6.71. The van der Waals surface area contributed by atoms with E-state index in [4.69, 9.17) is 15.2 Å². The van der Waals surface area contributed by atoms with Crippen molar-refractivity contribution in [1.29, 1.82) is 0 Å². The Kier molecular flexibility index (Phi) is 5.23. The lowest BCUT2D eigenvalue weighted by atomic mass is 10.3. The summed E-state index contributed by atoms with van der Waals surface area (Å²) in [6, 6.07) is 1.99. The molecule has 0 aliphatic carbocycles. The van der Waals surface area contributed by atoms with Crippen LogP contribution in [0.5, 0.6) is 0 Å². The van der Waals surface area contributed by atoms with Gasteiger partial charge in [-0.05, 0) is 6.92 Å². The molecule has 0 aromatic carbocycles. The second kappa shape index (κ2) is 7.16. The van der Waals surface area contributed by atoms with Crippen molar-refractivity contribution in [3.05, 3.63) is 12.3 Å². The molecule has 1 aromatic rings. The van der Waals surface area contributed by atoms with Gasteiger partial charge in [-0.25, -0.2) is 4.98 Å². The molecule has 6 nitrogen and oxygen atoms in total. The molecule has 0 amide bonds. The van der Waals surface area contributed by atoms with Crippen molar-refractivity contribution in [2.24, 2.45) is 0 Å². The molecule has 0 radical (unpaired) electrons. The van der Waals surface area contributed by atoms with E-state index < -0.39 is 0 Å². The zero-order valence-corrected chi connectivity index (χ0v) is 11.4. The van der Waals surface area contributed by atoms with Crippen molar-refractivity contribution < 1.29 is 9.47 Å². The fourth-order valence-corrected chi connectivity index (χ4v) is 1.98. The SMILES string of the molecule is CCOCCNc1cc(N2CCOCC2)ncc1N. The van der Waals surface area contributed by atoms with Gasteiger partial charge in [0.25, 0.3) is 0 Å². The first kappa shape index (κ1) is 13.9. The minimum absolute atomic E-state index is 0.661. The number of nitrogens with one attached hydrogen (secondary N) is 1. The summed E-state index contributed by atoms with van der Waals surface area (Å²) in [5, 5.41) is 3.28. The number of morpholine rings is 1. The second-order valence-electron chi connectivity index (χ2n) is 4.35. The van der Waals surface area contributed by atoms with E-state index in [1.807, 2.05) is 13.0 Å². The molecule has 1 aromatic heterocycles. The van der Waals surface area contributed by atoms with Gasteiger partial charge in [0, 0.05) is 32.3 Å². The summed E-state index contributed by atoms with van der Waals surface area (Å²) < 4.78 is 10.6. The number of hydrogen-bond acceptors (Lipinski definition) is 6. The molecule has 2 rings (SSSR count). The van der Waals surface area contributed by atoms with E-state index in [0.29, 0.717) is 12.3 Å².